The molecule has 0 saturated heterocycles. The van der Waals surface area contributed by atoms with Crippen LogP contribution < -0.4 is 0 Å². The number of nitrogens with zero attached hydrogens (tertiary/aromatic N) is 4. The summed E-state index contributed by atoms with van der Waals surface area (Å²) < 4.78 is 53.0. The first-order chi connectivity index (χ1) is 32.4. The van der Waals surface area contributed by atoms with Gasteiger partial charge in [-0.2, -0.15) is 0 Å². The normalized spacial score (nSPS) is 13.4. The summed E-state index contributed by atoms with van der Waals surface area (Å²) in [5.74, 6) is 0.539. The predicted octanol–water partition coefficient (Wildman–Crippen LogP) is 14.2. The monoisotopic (exact) mass is 790 g/mol. The smallest absolute Gasteiger partial charge is 0.149 e. The first kappa shape index (κ1) is 30.1. The molecule has 0 aliphatic carbocycles. The van der Waals surface area contributed by atoms with Crippen molar-refractivity contribution in [2.24, 2.45) is 0 Å². The molecule has 3 aromatic heterocycles. The van der Waals surface area contributed by atoms with Gasteiger partial charge in [0.2, 0.25) is 0 Å². The third-order valence-corrected chi connectivity index (χ3v) is 11.5. The zero-order valence-corrected chi connectivity index (χ0v) is 32.8. The number of imidazole rings is 1. The van der Waals surface area contributed by atoms with Crippen LogP contribution in [0.1, 0.15) is 19.4 Å². The maximum atomic E-state index is 11.5. The van der Waals surface area contributed by atoms with Crippen molar-refractivity contribution in [2.45, 2.75) is 13.7 Å². The van der Waals surface area contributed by atoms with Crippen molar-refractivity contribution >= 4 is 32.8 Å². The largest absolute Gasteiger partial charge is 0.507 e. The molecule has 0 amide bonds. The minimum absolute atomic E-state index is 0.0532. The summed E-state index contributed by atoms with van der Waals surface area (Å²) >= 11 is 0. The van der Waals surface area contributed by atoms with E-state index < -0.39 is 13.7 Å². The molecular weight excluding hydrogens is 745 g/mol. The lowest BCUT2D eigenvalue weighted by molar-refractivity contribution is 0.477. The van der Waals surface area contributed by atoms with Crippen LogP contribution in [0.4, 0.5) is 0 Å². The molecule has 0 aliphatic rings. The molecular formula is C56H40N4O. The second-order valence-electron chi connectivity index (χ2n) is 15.2. The van der Waals surface area contributed by atoms with Crippen molar-refractivity contribution in [3.8, 4) is 73.2 Å². The second kappa shape index (κ2) is 14.7. The number of benzene rings is 8. The Hall–Kier alpha value is -8.02. The Labute approximate surface area is 362 Å². The van der Waals surface area contributed by atoms with Gasteiger partial charge in [-0.15, -0.1) is 0 Å². The van der Waals surface area contributed by atoms with E-state index in [1.807, 2.05) is 114 Å². The Kier molecular flexibility index (Phi) is 7.23. The number of phenolic OH excluding ortho intramolecular Hbond substituents is 1. The molecule has 11 aromatic rings. The summed E-state index contributed by atoms with van der Waals surface area (Å²) in [6, 6.07) is 62.1. The van der Waals surface area contributed by atoms with Crippen molar-refractivity contribution in [3.05, 3.63) is 211 Å². The summed E-state index contributed by atoms with van der Waals surface area (Å²) in [6.45, 7) is -4.56. The zero-order chi connectivity index (χ0) is 46.0. The summed E-state index contributed by atoms with van der Waals surface area (Å²) in [5, 5.41) is 13.5. The molecule has 11 rings (SSSR count). The van der Waals surface area contributed by atoms with E-state index in [1.165, 1.54) is 0 Å². The quantitative estimate of drug-likeness (QED) is 0.175. The van der Waals surface area contributed by atoms with Crippen molar-refractivity contribution in [1.29, 1.82) is 0 Å². The fourth-order valence-electron chi connectivity index (χ4n) is 8.71. The second-order valence-corrected chi connectivity index (χ2v) is 15.2. The minimum atomic E-state index is -2.34. The number of hydrogen-bond donors (Lipinski definition) is 1. The number of aromatic nitrogens is 4. The van der Waals surface area contributed by atoms with E-state index in [0.29, 0.717) is 28.2 Å². The van der Waals surface area contributed by atoms with Crippen LogP contribution in [-0.4, -0.2) is 24.2 Å². The molecule has 0 fully saturated rings. The van der Waals surface area contributed by atoms with Crippen LogP contribution in [-0.2, 0) is 0 Å². The highest BCUT2D eigenvalue weighted by molar-refractivity contribution is 6.16. The van der Waals surface area contributed by atoms with Gasteiger partial charge in [-0.3, -0.25) is 9.55 Å². The maximum absolute atomic E-state index is 11.5. The van der Waals surface area contributed by atoms with Crippen LogP contribution in [0.25, 0.3) is 100 Å². The van der Waals surface area contributed by atoms with E-state index in [-0.39, 0.29) is 16.9 Å². The molecule has 0 spiro atoms. The van der Waals surface area contributed by atoms with Crippen molar-refractivity contribution in [2.75, 3.05) is 0 Å². The van der Waals surface area contributed by atoms with Gasteiger partial charge in [0.05, 0.1) is 39.0 Å². The van der Waals surface area contributed by atoms with Gasteiger partial charge in [0.15, 0.2) is 0 Å². The van der Waals surface area contributed by atoms with E-state index in [4.69, 9.17) is 18.2 Å². The van der Waals surface area contributed by atoms with E-state index in [9.17, 15) is 5.11 Å². The molecule has 5 nitrogen and oxygen atoms in total. The zero-order valence-electron chi connectivity index (χ0n) is 38.8. The number of aryl methyl sites for hydroxylation is 2. The highest BCUT2D eigenvalue weighted by atomic mass is 16.3. The van der Waals surface area contributed by atoms with Gasteiger partial charge in [0.1, 0.15) is 11.6 Å². The fourth-order valence-corrected chi connectivity index (χ4v) is 8.71. The number of rotatable bonds is 7. The van der Waals surface area contributed by atoms with Crippen LogP contribution in [0, 0.1) is 13.7 Å². The third-order valence-electron chi connectivity index (χ3n) is 11.5. The van der Waals surface area contributed by atoms with Crippen LogP contribution in [0.15, 0.2) is 200 Å². The van der Waals surface area contributed by atoms with Gasteiger partial charge in [-0.25, -0.2) is 4.98 Å². The average Bonchev–Trinajstić information content (AvgIpc) is 3.90. The van der Waals surface area contributed by atoms with Crippen LogP contribution in [0.2, 0.25) is 0 Å². The summed E-state index contributed by atoms with van der Waals surface area (Å²) in [6.07, 6.45) is 1.79. The molecule has 0 bridgehead atoms. The number of pyridine rings is 1. The Morgan fingerprint density at radius 2 is 1.20 bits per heavy atom. The maximum Gasteiger partial charge on any atom is 0.149 e. The fraction of sp³-hybridized carbons (Fsp3) is 0.0357. The summed E-state index contributed by atoms with van der Waals surface area (Å²) in [5.41, 5.74) is 12.7. The predicted molar refractivity (Wildman–Crippen MR) is 252 cm³/mol. The van der Waals surface area contributed by atoms with Crippen LogP contribution in [0.5, 0.6) is 5.75 Å². The molecule has 0 saturated carbocycles. The molecule has 1 N–H and O–H groups in total. The molecule has 8 aromatic carbocycles. The lowest BCUT2D eigenvalue weighted by Crippen LogP contribution is -2.01. The number of para-hydroxylation sites is 4. The molecule has 0 aliphatic heterocycles. The van der Waals surface area contributed by atoms with Gasteiger partial charge in [0.25, 0.3) is 0 Å². The molecule has 0 unspecified atom stereocenters. The third kappa shape index (κ3) is 6.18. The Morgan fingerprint density at radius 1 is 0.475 bits per heavy atom. The van der Waals surface area contributed by atoms with Gasteiger partial charge in [-0.05, 0) is 109 Å². The van der Waals surface area contributed by atoms with Crippen molar-refractivity contribution < 1.29 is 13.3 Å². The van der Waals surface area contributed by atoms with E-state index in [1.54, 1.807) is 42.6 Å². The van der Waals surface area contributed by atoms with E-state index >= 15 is 0 Å². The standard InChI is InChI=1S/C56H40N4O/c1-36-24-27-38(28-25-36)40-30-31-57-49(35-40)48-34-41(33-47-44-18-9-11-21-50(44)59(55(47)48)42-16-7-4-8-17-42)43-20-13-22-52-54(43)58-56(45-19-10-12-23-53(45)61)60(52)51-29-26-37(2)32-46(51)39-14-5-3-6-15-39/h3-35,61H,1-2H3/i1D3,2D3. The highest BCUT2D eigenvalue weighted by Gasteiger charge is 2.24. The summed E-state index contributed by atoms with van der Waals surface area (Å²) in [7, 11) is 0. The first-order valence-electron chi connectivity index (χ1n) is 23.1. The molecule has 0 atom stereocenters. The van der Waals surface area contributed by atoms with Gasteiger partial charge in [0, 0.05) is 47.6 Å². The highest BCUT2D eigenvalue weighted by Crippen LogP contribution is 2.44. The molecule has 5 heteroatoms. The van der Waals surface area contributed by atoms with Gasteiger partial charge >= 0.3 is 0 Å². The van der Waals surface area contributed by atoms with Gasteiger partial charge < -0.3 is 9.67 Å². The van der Waals surface area contributed by atoms with Crippen molar-refractivity contribution in [3.63, 3.8) is 0 Å². The number of phenols is 1. The Balaban J connectivity index is 1.20. The van der Waals surface area contributed by atoms with E-state index in [0.717, 1.165) is 72.1 Å². The Bertz CT molecular complexity index is 3670. The number of hydrogen-bond acceptors (Lipinski definition) is 3. The molecule has 0 radical (unpaired) electrons. The van der Waals surface area contributed by atoms with Crippen molar-refractivity contribution in [1.82, 2.24) is 19.1 Å². The SMILES string of the molecule is [2H]C([2H])([2H])c1ccc(-c2ccnc(-c3cc(-c4cccc5c4nc(-c4ccccc4O)n5-c4ccc(C([2H])([2H])[2H])cc4-c4ccccc4)cc4c5ccccc5n(-c5ccccc5)c34)c2)cc1. The molecule has 3 heterocycles. The lowest BCUT2D eigenvalue weighted by atomic mass is 9.95. The van der Waals surface area contributed by atoms with Crippen LogP contribution >= 0.6 is 0 Å². The van der Waals surface area contributed by atoms with Gasteiger partial charge in [-0.1, -0.05) is 132 Å². The van der Waals surface area contributed by atoms with Crippen LogP contribution in [0.3, 0.4) is 0 Å². The molecule has 61 heavy (non-hydrogen) atoms. The number of aromatic hydroxyl groups is 1. The minimum Gasteiger partial charge on any atom is -0.507 e. The summed E-state index contributed by atoms with van der Waals surface area (Å²) in [4.78, 5) is 10.4. The van der Waals surface area contributed by atoms with E-state index in [2.05, 4.69) is 53.1 Å². The molecule has 290 valence electrons. The average molecular weight is 791 g/mol. The topological polar surface area (TPSA) is 55.9 Å². The Morgan fingerprint density at radius 3 is 2.02 bits per heavy atom. The lowest BCUT2D eigenvalue weighted by Gasteiger charge is -2.16. The number of fused-ring (bicyclic) bond motifs is 4. The first-order valence-corrected chi connectivity index (χ1v) is 20.1.